The van der Waals surface area contributed by atoms with Crippen LogP contribution in [0.4, 0.5) is 10.1 Å². The molecule has 0 heterocycles. The molecule has 0 saturated carbocycles. The number of nitriles is 1. The van der Waals surface area contributed by atoms with E-state index in [1.54, 1.807) is 48.5 Å². The van der Waals surface area contributed by atoms with Crippen LogP contribution in [0, 0.1) is 17.1 Å². The summed E-state index contributed by atoms with van der Waals surface area (Å²) in [5, 5.41) is 12.0. The van der Waals surface area contributed by atoms with Crippen molar-refractivity contribution in [3.05, 3.63) is 88.7 Å². The fourth-order valence-electron chi connectivity index (χ4n) is 2.21. The second-order valence-corrected chi connectivity index (χ2v) is 5.78. The van der Waals surface area contributed by atoms with Gasteiger partial charge in [-0.2, -0.15) is 5.26 Å². The summed E-state index contributed by atoms with van der Waals surface area (Å²) in [5.41, 5.74) is 0.510. The molecule has 0 atom stereocenters. The van der Waals surface area contributed by atoms with Gasteiger partial charge in [-0.15, -0.1) is 0 Å². The van der Waals surface area contributed by atoms with Crippen molar-refractivity contribution < 1.29 is 13.9 Å². The lowest BCUT2D eigenvalue weighted by molar-refractivity contribution is 0.102. The minimum absolute atomic E-state index is 0.134. The summed E-state index contributed by atoms with van der Waals surface area (Å²) in [5.74, 6) is -0.136. The van der Waals surface area contributed by atoms with E-state index in [9.17, 15) is 9.18 Å². The molecule has 4 nitrogen and oxygen atoms in total. The molecule has 3 rings (SSSR count). The van der Waals surface area contributed by atoms with Crippen molar-refractivity contribution in [2.45, 2.75) is 0 Å². The number of ether oxygens (including phenoxy) is 1. The van der Waals surface area contributed by atoms with E-state index in [0.29, 0.717) is 22.2 Å². The highest BCUT2D eigenvalue weighted by molar-refractivity contribution is 6.30. The van der Waals surface area contributed by atoms with E-state index in [2.05, 4.69) is 5.32 Å². The number of hydrogen-bond acceptors (Lipinski definition) is 3. The van der Waals surface area contributed by atoms with Gasteiger partial charge in [0.2, 0.25) is 0 Å². The third kappa shape index (κ3) is 4.18. The summed E-state index contributed by atoms with van der Waals surface area (Å²) in [6.45, 7) is 0. The Morgan fingerprint density at radius 3 is 2.19 bits per heavy atom. The molecule has 0 saturated heterocycles. The van der Waals surface area contributed by atoms with Gasteiger partial charge < -0.3 is 10.1 Å². The number of nitrogens with zero attached hydrogens (tertiary/aromatic N) is 1. The van der Waals surface area contributed by atoms with Crippen LogP contribution in [0.2, 0.25) is 5.02 Å². The summed E-state index contributed by atoms with van der Waals surface area (Å²) < 4.78 is 19.5. The van der Waals surface area contributed by atoms with Crippen LogP contribution >= 0.6 is 11.6 Å². The summed E-state index contributed by atoms with van der Waals surface area (Å²) in [7, 11) is 0. The molecule has 1 N–H and O–H groups in total. The molecular formula is C20H12ClFN2O2. The normalized spacial score (nSPS) is 10.0. The number of carbonyl (C=O) groups is 1. The van der Waals surface area contributed by atoms with Gasteiger partial charge in [-0.1, -0.05) is 11.6 Å². The van der Waals surface area contributed by atoms with E-state index in [4.69, 9.17) is 21.6 Å². The van der Waals surface area contributed by atoms with Crippen molar-refractivity contribution >= 4 is 23.2 Å². The SMILES string of the molecule is N#Cc1ccc(C(=O)Nc2ccc(Oc3ccc(Cl)cc3)cc2)c(F)c1. The van der Waals surface area contributed by atoms with Crippen molar-refractivity contribution in [3.63, 3.8) is 0 Å². The standard InChI is InChI=1S/C20H12ClFN2O2/c21-14-2-6-16(7-3-14)26-17-8-4-15(5-9-17)24-20(25)18-10-1-13(12-23)11-19(18)22/h1-11H,(H,24,25). The second kappa shape index (κ2) is 7.68. The van der Waals surface area contributed by atoms with Gasteiger partial charge >= 0.3 is 0 Å². The molecule has 1 amide bonds. The lowest BCUT2D eigenvalue weighted by Gasteiger charge is -2.09. The summed E-state index contributed by atoms with van der Waals surface area (Å²) in [6, 6.07) is 19.1. The van der Waals surface area contributed by atoms with E-state index in [-0.39, 0.29) is 11.1 Å². The molecule has 0 unspecified atom stereocenters. The number of rotatable bonds is 4. The zero-order valence-corrected chi connectivity index (χ0v) is 14.1. The van der Waals surface area contributed by atoms with Gasteiger partial charge in [-0.3, -0.25) is 4.79 Å². The predicted molar refractivity (Wildman–Crippen MR) is 97.0 cm³/mol. The molecule has 0 aromatic heterocycles. The van der Waals surface area contributed by atoms with Crippen LogP contribution < -0.4 is 10.1 Å². The molecular weight excluding hydrogens is 355 g/mol. The van der Waals surface area contributed by atoms with E-state index in [1.807, 2.05) is 6.07 Å². The van der Waals surface area contributed by atoms with Gasteiger partial charge in [-0.05, 0) is 66.7 Å². The quantitative estimate of drug-likeness (QED) is 0.672. The van der Waals surface area contributed by atoms with Gasteiger partial charge in [0.05, 0.1) is 17.2 Å². The second-order valence-electron chi connectivity index (χ2n) is 5.34. The minimum atomic E-state index is -0.746. The first-order valence-corrected chi connectivity index (χ1v) is 7.97. The molecule has 3 aromatic carbocycles. The fourth-order valence-corrected chi connectivity index (χ4v) is 2.34. The van der Waals surface area contributed by atoms with Crippen LogP contribution in [-0.2, 0) is 0 Å². The monoisotopic (exact) mass is 366 g/mol. The van der Waals surface area contributed by atoms with Crippen LogP contribution in [0.1, 0.15) is 15.9 Å². The first-order valence-electron chi connectivity index (χ1n) is 7.59. The van der Waals surface area contributed by atoms with Crippen molar-refractivity contribution in [2.75, 3.05) is 5.32 Å². The van der Waals surface area contributed by atoms with Crippen LogP contribution in [0.5, 0.6) is 11.5 Å². The average molecular weight is 367 g/mol. The van der Waals surface area contributed by atoms with Crippen molar-refractivity contribution in [1.82, 2.24) is 0 Å². The van der Waals surface area contributed by atoms with E-state index >= 15 is 0 Å². The fraction of sp³-hybridized carbons (Fsp3) is 0. The lowest BCUT2D eigenvalue weighted by Crippen LogP contribution is -2.13. The van der Waals surface area contributed by atoms with Gasteiger partial charge in [0.25, 0.3) is 5.91 Å². The molecule has 6 heteroatoms. The summed E-state index contributed by atoms with van der Waals surface area (Å²) >= 11 is 5.82. The maximum Gasteiger partial charge on any atom is 0.258 e. The predicted octanol–water partition coefficient (Wildman–Crippen LogP) is 5.40. The Morgan fingerprint density at radius 1 is 1.00 bits per heavy atom. The molecule has 3 aromatic rings. The van der Waals surface area contributed by atoms with Crippen LogP contribution in [0.25, 0.3) is 0 Å². The Morgan fingerprint density at radius 2 is 1.62 bits per heavy atom. The van der Waals surface area contributed by atoms with Crippen molar-refractivity contribution in [2.24, 2.45) is 0 Å². The van der Waals surface area contributed by atoms with Gasteiger partial charge in [0, 0.05) is 10.7 Å². The van der Waals surface area contributed by atoms with Gasteiger partial charge in [-0.25, -0.2) is 4.39 Å². The number of amides is 1. The molecule has 0 fully saturated rings. The molecule has 0 aliphatic rings. The molecule has 0 bridgehead atoms. The first kappa shape index (κ1) is 17.5. The minimum Gasteiger partial charge on any atom is -0.457 e. The van der Waals surface area contributed by atoms with Crippen LogP contribution in [0.3, 0.4) is 0 Å². The molecule has 0 aliphatic heterocycles. The van der Waals surface area contributed by atoms with Crippen molar-refractivity contribution in [1.29, 1.82) is 5.26 Å². The Labute approximate surface area is 154 Å². The lowest BCUT2D eigenvalue weighted by atomic mass is 10.1. The zero-order chi connectivity index (χ0) is 18.5. The maximum atomic E-state index is 13.9. The number of anilines is 1. The highest BCUT2D eigenvalue weighted by atomic mass is 35.5. The number of hydrogen-bond donors (Lipinski definition) is 1. The molecule has 0 radical (unpaired) electrons. The average Bonchev–Trinajstić information content (AvgIpc) is 2.65. The van der Waals surface area contributed by atoms with Gasteiger partial charge in [0.1, 0.15) is 17.3 Å². The number of carbonyl (C=O) groups excluding carboxylic acids is 1. The van der Waals surface area contributed by atoms with E-state index in [0.717, 1.165) is 6.07 Å². The third-order valence-corrected chi connectivity index (χ3v) is 3.76. The van der Waals surface area contributed by atoms with Crippen molar-refractivity contribution in [3.8, 4) is 17.6 Å². The smallest absolute Gasteiger partial charge is 0.258 e. The Bertz CT molecular complexity index is 980. The van der Waals surface area contributed by atoms with E-state index < -0.39 is 11.7 Å². The Balaban J connectivity index is 1.68. The van der Waals surface area contributed by atoms with Crippen LogP contribution in [-0.4, -0.2) is 5.91 Å². The Hall–Kier alpha value is -3.36. The molecule has 0 aliphatic carbocycles. The Kier molecular flexibility index (Phi) is 5.16. The zero-order valence-electron chi connectivity index (χ0n) is 13.4. The summed E-state index contributed by atoms with van der Waals surface area (Å²) in [6.07, 6.45) is 0. The van der Waals surface area contributed by atoms with Crippen LogP contribution in [0.15, 0.2) is 66.7 Å². The molecule has 0 spiro atoms. The maximum absolute atomic E-state index is 13.9. The number of halogens is 2. The van der Waals surface area contributed by atoms with Gasteiger partial charge in [0.15, 0.2) is 0 Å². The highest BCUT2D eigenvalue weighted by Gasteiger charge is 2.12. The summed E-state index contributed by atoms with van der Waals surface area (Å²) in [4.78, 5) is 12.2. The number of benzene rings is 3. The number of nitrogens with one attached hydrogen (secondary N) is 1. The largest absolute Gasteiger partial charge is 0.457 e. The highest BCUT2D eigenvalue weighted by Crippen LogP contribution is 2.24. The topological polar surface area (TPSA) is 62.1 Å². The third-order valence-electron chi connectivity index (χ3n) is 3.50. The molecule has 26 heavy (non-hydrogen) atoms. The molecule has 128 valence electrons. The van der Waals surface area contributed by atoms with E-state index in [1.165, 1.54) is 12.1 Å². The first-order chi connectivity index (χ1) is 12.5.